The quantitative estimate of drug-likeness (QED) is 0.771. The number of benzene rings is 1. The molecule has 0 bridgehead atoms. The number of carbonyl (C=O) groups excluding carboxylic acids is 1. The molecule has 92 valence electrons. The van der Waals surface area contributed by atoms with Gasteiger partial charge in [-0.2, -0.15) is 0 Å². The molecule has 0 fully saturated rings. The molecule has 0 spiro atoms. The summed E-state index contributed by atoms with van der Waals surface area (Å²) in [5.41, 5.74) is 0.166. The lowest BCUT2D eigenvalue weighted by atomic mass is 10.2. The van der Waals surface area contributed by atoms with Crippen LogP contribution in [0.1, 0.15) is 10.4 Å². The molecule has 0 radical (unpaired) electrons. The average Bonchev–Trinajstić information content (AvgIpc) is 2.28. The highest BCUT2D eigenvalue weighted by atomic mass is 35.5. The second-order valence-electron chi connectivity index (χ2n) is 3.18. The molecule has 17 heavy (non-hydrogen) atoms. The molecule has 1 aromatic rings. The van der Waals surface area contributed by atoms with Gasteiger partial charge in [0.25, 0.3) is 5.91 Å². The van der Waals surface area contributed by atoms with Gasteiger partial charge in [0.1, 0.15) is 0 Å². The molecule has 0 saturated carbocycles. The third-order valence-electron chi connectivity index (χ3n) is 1.97. The molecule has 1 amide bonds. The molecule has 0 saturated heterocycles. The lowest BCUT2D eigenvalue weighted by Crippen LogP contribution is -2.43. The zero-order valence-electron chi connectivity index (χ0n) is 8.48. The standard InChI is InChI=1S/C10H9Cl2NO4/c11-6-2-1-5(3-7(6)12)9(15)13-8(4-14)10(16)17/h1-3,8,14H,4H2,(H,13,15)(H,16,17)/t8-/m1/s1. The first kappa shape index (κ1) is 13.8. The first-order valence-electron chi connectivity index (χ1n) is 4.55. The molecular formula is C10H9Cl2NO4. The minimum Gasteiger partial charge on any atom is -0.480 e. The van der Waals surface area contributed by atoms with Crippen molar-refractivity contribution < 1.29 is 19.8 Å². The summed E-state index contributed by atoms with van der Waals surface area (Å²) >= 11 is 11.4. The van der Waals surface area contributed by atoms with Crippen molar-refractivity contribution in [3.63, 3.8) is 0 Å². The first-order chi connectivity index (χ1) is 7.95. The van der Waals surface area contributed by atoms with Crippen molar-refractivity contribution in [3.8, 4) is 0 Å². The van der Waals surface area contributed by atoms with Gasteiger partial charge in [-0.3, -0.25) is 4.79 Å². The van der Waals surface area contributed by atoms with Crippen LogP contribution in [0.4, 0.5) is 0 Å². The van der Waals surface area contributed by atoms with E-state index < -0.39 is 24.5 Å². The number of carboxylic acids is 1. The van der Waals surface area contributed by atoms with Gasteiger partial charge in [-0.1, -0.05) is 23.2 Å². The summed E-state index contributed by atoms with van der Waals surface area (Å²) in [4.78, 5) is 22.2. The maximum atomic E-state index is 11.6. The maximum absolute atomic E-state index is 11.6. The average molecular weight is 278 g/mol. The molecule has 0 heterocycles. The predicted octanol–water partition coefficient (Wildman–Crippen LogP) is 1.17. The highest BCUT2D eigenvalue weighted by Gasteiger charge is 2.19. The minimum absolute atomic E-state index is 0.166. The van der Waals surface area contributed by atoms with E-state index in [9.17, 15) is 9.59 Å². The van der Waals surface area contributed by atoms with E-state index in [4.69, 9.17) is 33.4 Å². The molecule has 1 aromatic carbocycles. The Morgan fingerprint density at radius 3 is 2.41 bits per heavy atom. The van der Waals surface area contributed by atoms with Gasteiger partial charge in [0.2, 0.25) is 0 Å². The summed E-state index contributed by atoms with van der Waals surface area (Å²) in [6, 6.07) is 2.79. The Morgan fingerprint density at radius 1 is 1.29 bits per heavy atom. The topological polar surface area (TPSA) is 86.6 Å². The van der Waals surface area contributed by atoms with Crippen molar-refractivity contribution >= 4 is 35.1 Å². The fourth-order valence-electron chi connectivity index (χ4n) is 1.06. The summed E-state index contributed by atoms with van der Waals surface area (Å²) in [6.07, 6.45) is 0. The lowest BCUT2D eigenvalue weighted by molar-refractivity contribution is -0.140. The fourth-order valence-corrected chi connectivity index (χ4v) is 1.36. The molecule has 3 N–H and O–H groups in total. The van der Waals surface area contributed by atoms with Gasteiger partial charge in [0.05, 0.1) is 16.7 Å². The number of carboxylic acid groups (broad SMARTS) is 1. The van der Waals surface area contributed by atoms with Crippen LogP contribution in [0.3, 0.4) is 0 Å². The van der Waals surface area contributed by atoms with Crippen LogP contribution < -0.4 is 5.32 Å². The monoisotopic (exact) mass is 277 g/mol. The van der Waals surface area contributed by atoms with Crippen LogP contribution in [0.5, 0.6) is 0 Å². The number of hydrogen-bond donors (Lipinski definition) is 3. The molecule has 0 aromatic heterocycles. The Balaban J connectivity index is 2.82. The number of carbonyl (C=O) groups is 2. The lowest BCUT2D eigenvalue weighted by Gasteiger charge is -2.11. The van der Waals surface area contributed by atoms with Gasteiger partial charge in [-0.25, -0.2) is 4.79 Å². The number of aliphatic hydroxyl groups excluding tert-OH is 1. The SMILES string of the molecule is O=C(N[C@H](CO)C(=O)O)c1ccc(Cl)c(Cl)c1. The highest BCUT2D eigenvalue weighted by Crippen LogP contribution is 2.22. The molecule has 5 nitrogen and oxygen atoms in total. The van der Waals surface area contributed by atoms with Gasteiger partial charge in [0, 0.05) is 5.56 Å². The van der Waals surface area contributed by atoms with Crippen LogP contribution in [0.15, 0.2) is 18.2 Å². The van der Waals surface area contributed by atoms with Crippen LogP contribution >= 0.6 is 23.2 Å². The molecule has 0 aliphatic rings. The van der Waals surface area contributed by atoms with Crippen LogP contribution in [0, 0.1) is 0 Å². The third kappa shape index (κ3) is 3.59. The zero-order chi connectivity index (χ0) is 13.0. The van der Waals surface area contributed by atoms with E-state index in [1.54, 1.807) is 0 Å². The Bertz CT molecular complexity index is 450. The van der Waals surface area contributed by atoms with Gasteiger partial charge >= 0.3 is 5.97 Å². The van der Waals surface area contributed by atoms with E-state index in [2.05, 4.69) is 5.32 Å². The third-order valence-corrected chi connectivity index (χ3v) is 2.71. The van der Waals surface area contributed by atoms with Crippen LogP contribution in [-0.4, -0.2) is 34.7 Å². The van der Waals surface area contributed by atoms with Crippen molar-refractivity contribution in [1.29, 1.82) is 0 Å². The molecule has 1 rings (SSSR count). The summed E-state index contributed by atoms with van der Waals surface area (Å²) in [5.74, 6) is -1.97. The van der Waals surface area contributed by atoms with Crippen LogP contribution in [-0.2, 0) is 4.79 Å². The van der Waals surface area contributed by atoms with Gasteiger partial charge in [-0.05, 0) is 18.2 Å². The number of rotatable bonds is 4. The van der Waals surface area contributed by atoms with E-state index in [0.717, 1.165) is 0 Å². The largest absolute Gasteiger partial charge is 0.480 e. The normalized spacial score (nSPS) is 11.9. The van der Waals surface area contributed by atoms with E-state index in [1.807, 2.05) is 0 Å². The van der Waals surface area contributed by atoms with Gasteiger partial charge < -0.3 is 15.5 Å². The summed E-state index contributed by atoms with van der Waals surface area (Å²) in [6.45, 7) is -0.692. The van der Waals surface area contributed by atoms with E-state index in [0.29, 0.717) is 5.02 Å². The van der Waals surface area contributed by atoms with Crippen LogP contribution in [0.2, 0.25) is 10.0 Å². The van der Waals surface area contributed by atoms with Gasteiger partial charge in [0.15, 0.2) is 6.04 Å². The number of aliphatic carboxylic acids is 1. The van der Waals surface area contributed by atoms with Crippen molar-refractivity contribution in [3.05, 3.63) is 33.8 Å². The molecule has 7 heteroatoms. The van der Waals surface area contributed by atoms with Crippen molar-refractivity contribution in [2.45, 2.75) is 6.04 Å². The first-order valence-corrected chi connectivity index (χ1v) is 5.31. The minimum atomic E-state index is -1.35. The zero-order valence-corrected chi connectivity index (χ0v) is 10.00. The number of halogens is 2. The molecular weight excluding hydrogens is 269 g/mol. The number of nitrogens with one attached hydrogen (secondary N) is 1. The maximum Gasteiger partial charge on any atom is 0.328 e. The van der Waals surface area contributed by atoms with E-state index >= 15 is 0 Å². The number of hydrogen-bond acceptors (Lipinski definition) is 3. The molecule has 1 atom stereocenters. The second-order valence-corrected chi connectivity index (χ2v) is 3.99. The van der Waals surface area contributed by atoms with Crippen molar-refractivity contribution in [2.75, 3.05) is 6.61 Å². The van der Waals surface area contributed by atoms with E-state index in [-0.39, 0.29) is 10.6 Å². The number of amides is 1. The summed E-state index contributed by atoms with van der Waals surface area (Å²) in [7, 11) is 0. The summed E-state index contributed by atoms with van der Waals surface area (Å²) < 4.78 is 0. The molecule has 0 unspecified atom stereocenters. The summed E-state index contributed by atoms with van der Waals surface area (Å²) in [5, 5.41) is 20.0. The molecule has 0 aliphatic heterocycles. The Kier molecular flexibility index (Phi) is 4.74. The Labute approximate surface area is 107 Å². The van der Waals surface area contributed by atoms with Gasteiger partial charge in [-0.15, -0.1) is 0 Å². The Hall–Kier alpha value is -1.30. The second kappa shape index (κ2) is 5.86. The fraction of sp³-hybridized carbons (Fsp3) is 0.200. The smallest absolute Gasteiger partial charge is 0.328 e. The highest BCUT2D eigenvalue weighted by molar-refractivity contribution is 6.42. The molecule has 0 aliphatic carbocycles. The Morgan fingerprint density at radius 2 is 1.94 bits per heavy atom. The van der Waals surface area contributed by atoms with Crippen LogP contribution in [0.25, 0.3) is 0 Å². The van der Waals surface area contributed by atoms with Crippen molar-refractivity contribution in [1.82, 2.24) is 5.32 Å². The van der Waals surface area contributed by atoms with E-state index in [1.165, 1.54) is 18.2 Å². The predicted molar refractivity (Wildman–Crippen MR) is 62.4 cm³/mol. The number of aliphatic hydroxyl groups is 1. The van der Waals surface area contributed by atoms with Crippen molar-refractivity contribution in [2.24, 2.45) is 0 Å².